The Morgan fingerprint density at radius 3 is 0.945 bits per heavy atom. The summed E-state index contributed by atoms with van der Waals surface area (Å²) >= 11 is 0. The van der Waals surface area contributed by atoms with Crippen LogP contribution >= 0.6 is 0 Å². The van der Waals surface area contributed by atoms with Gasteiger partial charge in [-0.2, -0.15) is 78.9 Å². The van der Waals surface area contributed by atoms with Crippen LogP contribution in [0.15, 0.2) is 0 Å². The number of likely N-dealkylation sites (N-methyl/N-ethyl adjacent to an activating group) is 1. The van der Waals surface area contributed by atoms with Crippen molar-refractivity contribution in [3.05, 3.63) is 0 Å². The van der Waals surface area contributed by atoms with E-state index >= 15 is 0 Å². The number of ether oxygens (including phenoxy) is 7. The SMILES string of the molecule is CCN(CCOCCOCCOCCOCCOCCOCCOCCO)S(=O)(=O)C(F)(F)C(F)(F)C(F)(F)C(F)(F)C(F)(F)C(F)(F)C(F)(F)C(F)(F)F. The minimum atomic E-state index is -8.90. The van der Waals surface area contributed by atoms with Crippen molar-refractivity contribution in [2.45, 2.75) is 53.9 Å². The Morgan fingerprint density at radius 1 is 0.418 bits per heavy atom. The van der Waals surface area contributed by atoms with Gasteiger partial charge in [0.25, 0.3) is 10.0 Å². The fraction of sp³-hybridized carbons (Fsp3) is 1.00. The van der Waals surface area contributed by atoms with Gasteiger partial charge in [-0.15, -0.1) is 0 Å². The molecule has 0 fully saturated rings. The van der Waals surface area contributed by atoms with Crippen molar-refractivity contribution in [2.24, 2.45) is 0 Å². The van der Waals surface area contributed by atoms with Crippen LogP contribution in [0.3, 0.4) is 0 Å². The van der Waals surface area contributed by atoms with E-state index in [-0.39, 0.29) is 59.5 Å². The van der Waals surface area contributed by atoms with Gasteiger partial charge in [-0.1, -0.05) is 6.92 Å². The molecule has 0 aromatic heterocycles. The first-order valence-corrected chi connectivity index (χ1v) is 16.8. The van der Waals surface area contributed by atoms with E-state index in [4.69, 9.17) is 38.3 Å². The molecule has 11 nitrogen and oxygen atoms in total. The Hall–Kier alpha value is -1.60. The van der Waals surface area contributed by atoms with Crippen molar-refractivity contribution < 1.29 is 121 Å². The highest BCUT2D eigenvalue weighted by Crippen LogP contribution is 2.64. The second kappa shape index (κ2) is 22.0. The van der Waals surface area contributed by atoms with Crippen LogP contribution in [0.2, 0.25) is 0 Å². The summed E-state index contributed by atoms with van der Waals surface area (Å²) in [6.07, 6.45) is -7.91. The van der Waals surface area contributed by atoms with Crippen molar-refractivity contribution in [2.75, 3.05) is 112 Å². The first kappa shape index (κ1) is 53.4. The largest absolute Gasteiger partial charge is 0.460 e. The van der Waals surface area contributed by atoms with Gasteiger partial charge < -0.3 is 38.3 Å². The van der Waals surface area contributed by atoms with Crippen LogP contribution in [0.5, 0.6) is 0 Å². The normalized spacial score (nSPS) is 14.7. The summed E-state index contributed by atoms with van der Waals surface area (Å²) in [7, 11) is -7.39. The molecular weight excluding hydrogens is 841 g/mol. The third-order valence-electron chi connectivity index (χ3n) is 6.66. The molecule has 1 N–H and O–H groups in total. The maximum absolute atomic E-state index is 14.5. The molecule has 0 radical (unpaired) electrons. The van der Waals surface area contributed by atoms with Crippen LogP contribution in [-0.2, 0) is 43.2 Å². The molecule has 0 heterocycles. The zero-order valence-electron chi connectivity index (χ0n) is 28.4. The number of halogens is 17. The highest BCUT2D eigenvalue weighted by atomic mass is 32.2. The second-order valence-electron chi connectivity index (χ2n) is 10.5. The summed E-state index contributed by atoms with van der Waals surface area (Å²) in [4.78, 5) is 0. The van der Waals surface area contributed by atoms with Gasteiger partial charge in [0.2, 0.25) is 0 Å². The van der Waals surface area contributed by atoms with Crippen molar-refractivity contribution in [3.63, 3.8) is 0 Å². The molecule has 332 valence electrons. The lowest BCUT2D eigenvalue weighted by Gasteiger charge is -2.43. The van der Waals surface area contributed by atoms with Gasteiger partial charge in [0.05, 0.1) is 99.1 Å². The van der Waals surface area contributed by atoms with Crippen LogP contribution < -0.4 is 0 Å². The summed E-state index contributed by atoms with van der Waals surface area (Å²) in [6.45, 7) is -2.00. The Kier molecular flexibility index (Phi) is 21.3. The van der Waals surface area contributed by atoms with Gasteiger partial charge in [-0.25, -0.2) is 8.42 Å². The average molecular weight is 880 g/mol. The number of rotatable bonds is 32. The summed E-state index contributed by atoms with van der Waals surface area (Å²) in [6, 6.07) is 0. The molecule has 0 atom stereocenters. The van der Waals surface area contributed by atoms with E-state index in [2.05, 4.69) is 0 Å². The van der Waals surface area contributed by atoms with Crippen molar-refractivity contribution in [3.8, 4) is 0 Å². The molecule has 0 bridgehead atoms. The Labute approximate surface area is 302 Å². The predicted molar refractivity (Wildman–Crippen MR) is 150 cm³/mol. The van der Waals surface area contributed by atoms with Gasteiger partial charge in [0, 0.05) is 13.1 Å². The number of sulfonamides is 1. The van der Waals surface area contributed by atoms with Crippen molar-refractivity contribution in [1.82, 2.24) is 4.31 Å². The minimum absolute atomic E-state index is 0.00236. The number of aliphatic hydroxyl groups is 1. The lowest BCUT2D eigenvalue weighted by atomic mass is 9.91. The Morgan fingerprint density at radius 2 is 0.673 bits per heavy atom. The predicted octanol–water partition coefficient (Wildman–Crippen LogP) is 4.71. The quantitative estimate of drug-likeness (QED) is 0.0752. The van der Waals surface area contributed by atoms with Gasteiger partial charge in [-0.05, 0) is 0 Å². The minimum Gasteiger partial charge on any atom is -0.394 e. The molecule has 29 heteroatoms. The van der Waals surface area contributed by atoms with E-state index in [1.165, 1.54) is 0 Å². The van der Waals surface area contributed by atoms with Crippen LogP contribution in [0.4, 0.5) is 74.6 Å². The number of hydrogen-bond donors (Lipinski definition) is 1. The maximum Gasteiger partial charge on any atom is 0.460 e. The molecule has 0 aliphatic rings. The van der Waals surface area contributed by atoms with Gasteiger partial charge in [-0.3, -0.25) is 0 Å². The van der Waals surface area contributed by atoms with Crippen molar-refractivity contribution >= 4 is 10.0 Å². The summed E-state index contributed by atoms with van der Waals surface area (Å²) in [5.41, 5.74) is 0. The smallest absolute Gasteiger partial charge is 0.394 e. The molecular formula is C26H38F17NO10S. The highest BCUT2D eigenvalue weighted by molar-refractivity contribution is 7.90. The van der Waals surface area contributed by atoms with Crippen LogP contribution in [-0.4, -0.2) is 177 Å². The molecule has 0 rings (SSSR count). The van der Waals surface area contributed by atoms with Gasteiger partial charge in [0.1, 0.15) is 0 Å². The lowest BCUT2D eigenvalue weighted by Crippen LogP contribution is -2.75. The zero-order valence-corrected chi connectivity index (χ0v) is 29.2. The molecule has 0 aromatic carbocycles. The first-order valence-electron chi connectivity index (χ1n) is 15.4. The second-order valence-corrected chi connectivity index (χ2v) is 12.4. The fourth-order valence-electron chi connectivity index (χ4n) is 3.57. The maximum atomic E-state index is 14.5. The van der Waals surface area contributed by atoms with Crippen LogP contribution in [0.25, 0.3) is 0 Å². The molecule has 0 unspecified atom stereocenters. The molecule has 0 amide bonds. The molecule has 0 spiro atoms. The van der Waals surface area contributed by atoms with E-state index in [1.807, 2.05) is 0 Å². The Balaban J connectivity index is 4.89. The lowest BCUT2D eigenvalue weighted by molar-refractivity contribution is -0.458. The third-order valence-corrected chi connectivity index (χ3v) is 8.69. The summed E-state index contributed by atoms with van der Waals surface area (Å²) in [5.74, 6) is -51.9. The third kappa shape index (κ3) is 12.7. The first-order chi connectivity index (χ1) is 25.0. The van der Waals surface area contributed by atoms with Crippen LogP contribution in [0, 0.1) is 0 Å². The van der Waals surface area contributed by atoms with Gasteiger partial charge in [0.15, 0.2) is 0 Å². The Bertz CT molecular complexity index is 1200. The highest BCUT2D eigenvalue weighted by Gasteiger charge is 2.96. The molecule has 0 saturated heterocycles. The van der Waals surface area contributed by atoms with Crippen molar-refractivity contribution in [1.29, 1.82) is 0 Å². The molecule has 55 heavy (non-hydrogen) atoms. The number of aliphatic hydroxyl groups excluding tert-OH is 1. The molecule has 0 aliphatic carbocycles. The topological polar surface area (TPSA) is 122 Å². The van der Waals surface area contributed by atoms with E-state index in [1.54, 1.807) is 0 Å². The average Bonchev–Trinajstić information content (AvgIpc) is 3.07. The molecule has 0 saturated carbocycles. The molecule has 0 aliphatic heterocycles. The fourth-order valence-corrected chi connectivity index (χ4v) is 5.01. The molecule has 0 aromatic rings. The van der Waals surface area contributed by atoms with E-state index < -0.39 is 87.6 Å². The van der Waals surface area contributed by atoms with E-state index in [0.717, 1.165) is 0 Å². The van der Waals surface area contributed by atoms with E-state index in [0.29, 0.717) is 33.4 Å². The monoisotopic (exact) mass is 879 g/mol. The summed E-state index contributed by atoms with van der Waals surface area (Å²) < 4.78 is 289. The van der Waals surface area contributed by atoms with Crippen LogP contribution in [0.1, 0.15) is 6.92 Å². The number of hydrogen-bond acceptors (Lipinski definition) is 10. The standard InChI is InChI=1S/C26H38F17NO10S/c1-2-44(3-5-48-7-9-50-11-13-52-15-17-54-18-16-53-14-12-51-10-8-49-6-4-45)55(46,47)26(42,43)24(37,38)22(33,34)20(29,30)19(27,28)21(31,32)23(35,36)25(39,40)41/h45H,2-18H2,1H3. The van der Waals surface area contributed by atoms with Gasteiger partial charge >= 0.3 is 47.0 Å². The summed E-state index contributed by atoms with van der Waals surface area (Å²) in [5, 5.41) is 0.905. The zero-order chi connectivity index (χ0) is 43.0. The van der Waals surface area contributed by atoms with E-state index in [9.17, 15) is 83.1 Å². The number of alkyl halides is 17. The number of nitrogens with zero attached hydrogens (tertiary/aromatic N) is 1.